The fourth-order valence-electron chi connectivity index (χ4n) is 8.90. The zero-order chi connectivity index (χ0) is 40.4. The van der Waals surface area contributed by atoms with Gasteiger partial charge in [-0.25, -0.2) is 13.4 Å². The summed E-state index contributed by atoms with van der Waals surface area (Å²) in [5.41, 5.74) is 0.722. The fraction of sp³-hybridized carbons (Fsp3) is 0.523. The molecule has 0 spiro atoms. The molecular formula is C44H53N5O8S. The zero-order valence-electron chi connectivity index (χ0n) is 33.0. The number of carbonyl (C=O) groups is 4. The van der Waals surface area contributed by atoms with E-state index in [-0.39, 0.29) is 43.7 Å². The molecule has 4 fully saturated rings. The number of rotatable bonds is 10. The van der Waals surface area contributed by atoms with Crippen molar-refractivity contribution in [2.45, 2.75) is 119 Å². The van der Waals surface area contributed by atoms with Crippen molar-refractivity contribution in [1.82, 2.24) is 25.2 Å². The topological polar surface area (TPSA) is 173 Å². The molecule has 3 heterocycles. The fourth-order valence-corrected chi connectivity index (χ4v) is 10.3. The van der Waals surface area contributed by atoms with Gasteiger partial charge in [-0.05, 0) is 63.5 Å². The second kappa shape index (κ2) is 16.7. The summed E-state index contributed by atoms with van der Waals surface area (Å²) in [6.07, 6.45) is 12.2. The minimum Gasteiger partial charge on any atom is -0.497 e. The predicted molar refractivity (Wildman–Crippen MR) is 218 cm³/mol. The van der Waals surface area contributed by atoms with Crippen molar-refractivity contribution in [1.29, 1.82) is 0 Å². The minimum absolute atomic E-state index is 0.0102. The van der Waals surface area contributed by atoms with Gasteiger partial charge in [0.05, 0.1) is 30.1 Å². The Kier molecular flexibility index (Phi) is 11.5. The van der Waals surface area contributed by atoms with Crippen molar-refractivity contribution >= 4 is 44.6 Å². The van der Waals surface area contributed by atoms with E-state index in [1.165, 1.54) is 4.90 Å². The van der Waals surface area contributed by atoms with E-state index >= 15 is 0 Å². The third kappa shape index (κ3) is 8.72. The molecule has 1 aromatic heterocycles. The van der Waals surface area contributed by atoms with Crippen LogP contribution in [0.25, 0.3) is 22.2 Å². The number of fused-ring (bicyclic) bond motifs is 3. The second-order valence-electron chi connectivity index (χ2n) is 16.7. The lowest BCUT2D eigenvalue weighted by Crippen LogP contribution is -2.57. The lowest BCUT2D eigenvalue weighted by Gasteiger charge is -2.29. The van der Waals surface area contributed by atoms with Gasteiger partial charge in [-0.3, -0.25) is 23.9 Å². The Balaban J connectivity index is 1.11. The Morgan fingerprint density at radius 1 is 0.966 bits per heavy atom. The summed E-state index contributed by atoms with van der Waals surface area (Å²) in [4.78, 5) is 63.1. The maximum Gasteiger partial charge on any atom is 0.259 e. The molecule has 58 heavy (non-hydrogen) atoms. The van der Waals surface area contributed by atoms with Gasteiger partial charge in [-0.2, -0.15) is 0 Å². The summed E-state index contributed by atoms with van der Waals surface area (Å²) in [5, 5.41) is 6.20. The van der Waals surface area contributed by atoms with Gasteiger partial charge in [-0.1, -0.05) is 68.2 Å². The summed E-state index contributed by atoms with van der Waals surface area (Å²) in [7, 11) is -2.29. The normalized spacial score (nSPS) is 27.4. The molecule has 4 amide bonds. The van der Waals surface area contributed by atoms with E-state index in [0.717, 1.165) is 62.3 Å². The van der Waals surface area contributed by atoms with Crippen LogP contribution < -0.4 is 24.8 Å². The Morgan fingerprint density at radius 3 is 2.50 bits per heavy atom. The van der Waals surface area contributed by atoms with E-state index < -0.39 is 56.6 Å². The number of allylic oxidation sites excluding steroid dienone is 1. The molecule has 8 rings (SSSR count). The predicted octanol–water partition coefficient (Wildman–Crippen LogP) is 5.33. The van der Waals surface area contributed by atoms with Crippen LogP contribution in [0.4, 0.5) is 0 Å². The van der Waals surface area contributed by atoms with E-state index in [1.54, 1.807) is 7.11 Å². The molecule has 3 saturated carbocycles. The average molecular weight is 812 g/mol. The highest BCUT2D eigenvalue weighted by molar-refractivity contribution is 7.91. The number of ether oxygens (including phenoxy) is 2. The molecule has 2 aliphatic heterocycles. The first-order chi connectivity index (χ1) is 28.0. The lowest BCUT2D eigenvalue weighted by atomic mass is 9.94. The number of hydrogen-bond donors (Lipinski definition) is 3. The Labute approximate surface area is 339 Å². The third-order valence-corrected chi connectivity index (χ3v) is 14.3. The van der Waals surface area contributed by atoms with Crippen molar-refractivity contribution in [3.8, 4) is 22.8 Å². The van der Waals surface area contributed by atoms with Crippen LogP contribution >= 0.6 is 0 Å². The SMILES string of the molecule is COc1ccc2c(O[C@@H]3C[C@H]4C(=O)N[C@]5(C(=O)NS(=O)(=O)C6CC6)C[C@@H]5/C=C\CCCCC[C@H](CC(=O)NC5CCCC5)C(=O)N4C3)cc(-c3ccccc3)nc2c1. The van der Waals surface area contributed by atoms with Gasteiger partial charge in [0.25, 0.3) is 5.91 Å². The van der Waals surface area contributed by atoms with E-state index in [2.05, 4.69) is 15.4 Å². The second-order valence-corrected chi connectivity index (χ2v) is 18.7. The number of nitrogens with one attached hydrogen (secondary N) is 3. The number of benzene rings is 2. The number of hydrogen-bond acceptors (Lipinski definition) is 9. The summed E-state index contributed by atoms with van der Waals surface area (Å²) in [5.74, 6) is -1.72. The first-order valence-corrected chi connectivity index (χ1v) is 22.4. The Morgan fingerprint density at radius 2 is 1.74 bits per heavy atom. The number of aromatic nitrogens is 1. The van der Waals surface area contributed by atoms with Crippen LogP contribution in [-0.4, -0.2) is 84.6 Å². The van der Waals surface area contributed by atoms with Gasteiger partial charge in [0.2, 0.25) is 27.7 Å². The first-order valence-electron chi connectivity index (χ1n) is 20.9. The van der Waals surface area contributed by atoms with Gasteiger partial charge in [0, 0.05) is 53.8 Å². The number of methoxy groups -OCH3 is 1. The van der Waals surface area contributed by atoms with E-state index in [9.17, 15) is 27.6 Å². The first kappa shape index (κ1) is 39.8. The quantitative estimate of drug-likeness (QED) is 0.229. The van der Waals surface area contributed by atoms with Crippen molar-refractivity contribution in [3.63, 3.8) is 0 Å². The van der Waals surface area contributed by atoms with Crippen LogP contribution in [0.2, 0.25) is 0 Å². The van der Waals surface area contributed by atoms with Gasteiger partial charge < -0.3 is 25.0 Å². The number of sulfonamides is 1. The Bertz CT molecular complexity index is 2190. The lowest BCUT2D eigenvalue weighted by molar-refractivity contribution is -0.144. The summed E-state index contributed by atoms with van der Waals surface area (Å²) < 4.78 is 40.4. The molecule has 14 heteroatoms. The van der Waals surface area contributed by atoms with E-state index in [4.69, 9.17) is 14.5 Å². The third-order valence-electron chi connectivity index (χ3n) is 12.4. The van der Waals surface area contributed by atoms with Crippen molar-refractivity contribution in [2.24, 2.45) is 11.8 Å². The molecule has 3 N–H and O–H groups in total. The molecule has 0 radical (unpaired) electrons. The summed E-state index contributed by atoms with van der Waals surface area (Å²) in [6.45, 7) is 0.0664. The van der Waals surface area contributed by atoms with Crippen LogP contribution in [0.5, 0.6) is 11.5 Å². The van der Waals surface area contributed by atoms with Gasteiger partial charge >= 0.3 is 0 Å². The molecule has 308 valence electrons. The number of pyridine rings is 1. The largest absolute Gasteiger partial charge is 0.497 e. The minimum atomic E-state index is -3.88. The van der Waals surface area contributed by atoms with Crippen LogP contribution in [-0.2, 0) is 29.2 Å². The van der Waals surface area contributed by atoms with E-state index in [0.29, 0.717) is 42.0 Å². The molecule has 5 aliphatic rings. The maximum atomic E-state index is 14.8. The highest BCUT2D eigenvalue weighted by Crippen LogP contribution is 2.46. The molecule has 13 nitrogen and oxygen atoms in total. The molecule has 5 atom stereocenters. The molecule has 2 aromatic carbocycles. The van der Waals surface area contributed by atoms with Crippen molar-refractivity contribution in [3.05, 3.63) is 66.7 Å². The smallest absolute Gasteiger partial charge is 0.259 e. The highest BCUT2D eigenvalue weighted by atomic mass is 32.2. The Hall–Kier alpha value is -4.98. The molecule has 0 bridgehead atoms. The highest BCUT2D eigenvalue weighted by Gasteiger charge is 2.62. The number of amides is 4. The number of nitrogens with zero attached hydrogens (tertiary/aromatic N) is 2. The zero-order valence-corrected chi connectivity index (χ0v) is 33.8. The van der Waals surface area contributed by atoms with Gasteiger partial charge in [0.1, 0.15) is 29.2 Å². The van der Waals surface area contributed by atoms with Crippen molar-refractivity contribution < 1.29 is 37.1 Å². The summed E-state index contributed by atoms with van der Waals surface area (Å²) in [6, 6.07) is 16.2. The van der Waals surface area contributed by atoms with Crippen LogP contribution in [0.15, 0.2) is 66.7 Å². The van der Waals surface area contributed by atoms with Gasteiger partial charge in [-0.15, -0.1) is 0 Å². The molecule has 3 aliphatic carbocycles. The molecular weight excluding hydrogens is 759 g/mol. The van der Waals surface area contributed by atoms with Crippen LogP contribution in [0.1, 0.15) is 89.9 Å². The monoisotopic (exact) mass is 811 g/mol. The van der Waals surface area contributed by atoms with Crippen LogP contribution in [0, 0.1) is 11.8 Å². The molecule has 0 unspecified atom stereocenters. The standard InChI is InChI=1S/C44H53N5O8S/c1-56-32-18-21-35-37(23-32)46-36(28-12-7-5-8-13-28)25-39(35)57-33-24-38-41(51)47-44(43(53)48-58(54,55)34-19-20-34)26-30(44)15-9-4-2-3-6-14-29(42(52)49(38)27-33)22-40(50)45-31-16-10-11-17-31/h5,7-9,12-13,15,18,21,23,25,29-31,33-34,38H,2-4,6,10-11,14,16-17,19-20,22,24,26-27H2,1H3,(H,45,50)(H,47,51)(H,48,53)/b15-9-/t29-,30+,33-,38+,44-/m1/s1. The van der Waals surface area contributed by atoms with E-state index in [1.807, 2.05) is 66.7 Å². The maximum absolute atomic E-state index is 14.8. The van der Waals surface area contributed by atoms with Crippen molar-refractivity contribution in [2.75, 3.05) is 13.7 Å². The molecule has 3 aromatic rings. The number of carbonyl (C=O) groups excluding carboxylic acids is 4. The van der Waals surface area contributed by atoms with Gasteiger partial charge in [0.15, 0.2) is 0 Å². The summed E-state index contributed by atoms with van der Waals surface area (Å²) >= 11 is 0. The molecule has 1 saturated heterocycles. The average Bonchev–Trinajstić information content (AvgIpc) is 4.09. The van der Waals surface area contributed by atoms with Crippen LogP contribution in [0.3, 0.4) is 0 Å².